The molecule has 1 amide bonds. The molecule has 0 saturated heterocycles. The van der Waals surface area contributed by atoms with Gasteiger partial charge in [-0.05, 0) is 32.6 Å². The third kappa shape index (κ3) is 6.59. The predicted molar refractivity (Wildman–Crippen MR) is 72.3 cm³/mol. The van der Waals surface area contributed by atoms with Crippen molar-refractivity contribution in [2.24, 2.45) is 5.92 Å². The SMILES string of the molecule is CC(N[C@@H](C)C1CCCCCC1)C(=O)NCC(F)(F)F. The zero-order valence-corrected chi connectivity index (χ0v) is 12.2. The summed E-state index contributed by atoms with van der Waals surface area (Å²) in [6, 6.07) is -0.449. The Bertz CT molecular complexity index is 299. The first kappa shape index (κ1) is 17.3. The highest BCUT2D eigenvalue weighted by Crippen LogP contribution is 2.25. The van der Waals surface area contributed by atoms with Crippen LogP contribution in [0.1, 0.15) is 52.4 Å². The van der Waals surface area contributed by atoms with Crippen molar-refractivity contribution < 1.29 is 18.0 Å². The molecule has 0 aromatic heterocycles. The molecule has 0 aliphatic heterocycles. The average molecular weight is 294 g/mol. The van der Waals surface area contributed by atoms with Gasteiger partial charge in [0.1, 0.15) is 6.54 Å². The number of alkyl halides is 3. The minimum atomic E-state index is -4.36. The summed E-state index contributed by atoms with van der Waals surface area (Å²) < 4.78 is 36.1. The van der Waals surface area contributed by atoms with Gasteiger partial charge in [0.05, 0.1) is 6.04 Å². The van der Waals surface area contributed by atoms with Gasteiger partial charge in [0, 0.05) is 6.04 Å². The molecule has 2 N–H and O–H groups in total. The second kappa shape index (κ2) is 7.86. The summed E-state index contributed by atoms with van der Waals surface area (Å²) in [5, 5.41) is 5.05. The Kier molecular flexibility index (Phi) is 6.79. The fraction of sp³-hybridized carbons (Fsp3) is 0.929. The molecule has 1 unspecified atom stereocenters. The molecule has 0 radical (unpaired) electrons. The molecule has 0 bridgehead atoms. The van der Waals surface area contributed by atoms with E-state index >= 15 is 0 Å². The quantitative estimate of drug-likeness (QED) is 0.765. The van der Waals surface area contributed by atoms with Crippen LogP contribution in [0.3, 0.4) is 0 Å². The molecular weight excluding hydrogens is 269 g/mol. The van der Waals surface area contributed by atoms with Crippen molar-refractivity contribution >= 4 is 5.91 Å². The van der Waals surface area contributed by atoms with E-state index in [-0.39, 0.29) is 6.04 Å². The van der Waals surface area contributed by atoms with Gasteiger partial charge >= 0.3 is 6.18 Å². The van der Waals surface area contributed by atoms with Gasteiger partial charge in [-0.25, -0.2) is 0 Å². The number of carbonyl (C=O) groups excluding carboxylic acids is 1. The van der Waals surface area contributed by atoms with E-state index in [4.69, 9.17) is 0 Å². The third-order valence-electron chi connectivity index (χ3n) is 3.98. The Morgan fingerprint density at radius 3 is 2.20 bits per heavy atom. The van der Waals surface area contributed by atoms with Crippen molar-refractivity contribution in [3.8, 4) is 0 Å². The van der Waals surface area contributed by atoms with Gasteiger partial charge in [-0.2, -0.15) is 13.2 Å². The van der Waals surface area contributed by atoms with Gasteiger partial charge in [0.15, 0.2) is 0 Å². The van der Waals surface area contributed by atoms with Gasteiger partial charge < -0.3 is 10.6 Å². The summed E-state index contributed by atoms with van der Waals surface area (Å²) in [6.07, 6.45) is 2.81. The second-order valence-corrected chi connectivity index (χ2v) is 5.76. The van der Waals surface area contributed by atoms with E-state index in [0.717, 1.165) is 12.8 Å². The number of halogens is 3. The number of carbonyl (C=O) groups is 1. The maximum Gasteiger partial charge on any atom is 0.405 e. The predicted octanol–water partition coefficient (Wildman–Crippen LogP) is 3.00. The molecule has 20 heavy (non-hydrogen) atoms. The maximum atomic E-state index is 12.0. The Morgan fingerprint density at radius 2 is 1.70 bits per heavy atom. The van der Waals surface area contributed by atoms with Crippen LogP contribution in [0.25, 0.3) is 0 Å². The largest absolute Gasteiger partial charge is 0.405 e. The normalized spacial score (nSPS) is 21.1. The first-order valence-corrected chi connectivity index (χ1v) is 7.40. The number of hydrogen-bond donors (Lipinski definition) is 2. The van der Waals surface area contributed by atoms with Crippen LogP contribution in [0, 0.1) is 5.92 Å². The molecule has 2 atom stereocenters. The van der Waals surface area contributed by atoms with Crippen LogP contribution in [0.4, 0.5) is 13.2 Å². The Hall–Kier alpha value is -0.780. The summed E-state index contributed by atoms with van der Waals surface area (Å²) in [6.45, 7) is 2.36. The van der Waals surface area contributed by atoms with Crippen molar-refractivity contribution in [3.63, 3.8) is 0 Å². The number of rotatable bonds is 5. The molecule has 0 aromatic carbocycles. The molecule has 1 aliphatic carbocycles. The third-order valence-corrected chi connectivity index (χ3v) is 3.98. The Balaban J connectivity index is 2.35. The molecule has 6 heteroatoms. The van der Waals surface area contributed by atoms with Crippen LogP contribution in [0.2, 0.25) is 0 Å². The van der Waals surface area contributed by atoms with Crippen LogP contribution in [0.5, 0.6) is 0 Å². The van der Waals surface area contributed by atoms with E-state index in [1.807, 2.05) is 12.2 Å². The first-order valence-electron chi connectivity index (χ1n) is 7.40. The van der Waals surface area contributed by atoms with Crippen LogP contribution in [-0.2, 0) is 4.79 Å². The molecule has 1 aliphatic rings. The highest BCUT2D eigenvalue weighted by atomic mass is 19.4. The van der Waals surface area contributed by atoms with Crippen molar-refractivity contribution in [1.82, 2.24) is 10.6 Å². The highest BCUT2D eigenvalue weighted by molar-refractivity contribution is 5.81. The number of nitrogens with one attached hydrogen (secondary N) is 2. The van der Waals surface area contributed by atoms with E-state index in [1.54, 1.807) is 6.92 Å². The minimum Gasteiger partial charge on any atom is -0.346 e. The minimum absolute atomic E-state index is 0.153. The lowest BCUT2D eigenvalue weighted by Crippen LogP contribution is -2.49. The van der Waals surface area contributed by atoms with Crippen molar-refractivity contribution in [3.05, 3.63) is 0 Å². The van der Waals surface area contributed by atoms with E-state index in [1.165, 1.54) is 25.7 Å². The molecule has 0 aromatic rings. The van der Waals surface area contributed by atoms with Gasteiger partial charge in [-0.1, -0.05) is 25.7 Å². The van der Waals surface area contributed by atoms with E-state index in [2.05, 4.69) is 5.32 Å². The van der Waals surface area contributed by atoms with Crippen molar-refractivity contribution in [2.75, 3.05) is 6.54 Å². The molecular formula is C14H25F3N2O. The molecule has 0 spiro atoms. The smallest absolute Gasteiger partial charge is 0.346 e. The van der Waals surface area contributed by atoms with E-state index < -0.39 is 24.7 Å². The lowest BCUT2D eigenvalue weighted by atomic mass is 9.92. The van der Waals surface area contributed by atoms with E-state index in [0.29, 0.717) is 5.92 Å². The molecule has 118 valence electrons. The summed E-state index contributed by atoms with van der Waals surface area (Å²) in [4.78, 5) is 11.6. The van der Waals surface area contributed by atoms with Crippen molar-refractivity contribution in [2.45, 2.75) is 70.6 Å². The molecule has 1 saturated carbocycles. The summed E-state index contributed by atoms with van der Waals surface area (Å²) >= 11 is 0. The van der Waals surface area contributed by atoms with Gasteiger partial charge in [0.2, 0.25) is 5.91 Å². The standard InChI is InChI=1S/C14H25F3N2O/c1-10(12-7-5-3-4-6-8-12)19-11(2)13(20)18-9-14(15,16)17/h10-12,19H,3-9H2,1-2H3,(H,18,20)/t10-,11?/m0/s1. The lowest BCUT2D eigenvalue weighted by Gasteiger charge is -2.26. The van der Waals surface area contributed by atoms with Crippen molar-refractivity contribution in [1.29, 1.82) is 0 Å². The second-order valence-electron chi connectivity index (χ2n) is 5.76. The molecule has 1 fully saturated rings. The Labute approximate surface area is 118 Å². The highest BCUT2D eigenvalue weighted by Gasteiger charge is 2.29. The zero-order valence-electron chi connectivity index (χ0n) is 12.2. The van der Waals surface area contributed by atoms with Gasteiger partial charge in [-0.3, -0.25) is 4.79 Å². The monoisotopic (exact) mass is 294 g/mol. The van der Waals surface area contributed by atoms with Gasteiger partial charge in [0.25, 0.3) is 0 Å². The average Bonchev–Trinajstić information content (AvgIpc) is 2.63. The molecule has 3 nitrogen and oxygen atoms in total. The number of hydrogen-bond acceptors (Lipinski definition) is 2. The van der Waals surface area contributed by atoms with Crippen LogP contribution < -0.4 is 10.6 Å². The first-order chi connectivity index (χ1) is 9.29. The summed E-state index contributed by atoms with van der Waals surface area (Å²) in [5.74, 6) is -0.0850. The van der Waals surface area contributed by atoms with Gasteiger partial charge in [-0.15, -0.1) is 0 Å². The van der Waals surface area contributed by atoms with E-state index in [9.17, 15) is 18.0 Å². The fourth-order valence-corrected chi connectivity index (χ4v) is 2.76. The lowest BCUT2D eigenvalue weighted by molar-refractivity contribution is -0.139. The fourth-order valence-electron chi connectivity index (χ4n) is 2.76. The molecule has 0 heterocycles. The maximum absolute atomic E-state index is 12.0. The van der Waals surface area contributed by atoms with Crippen LogP contribution in [0.15, 0.2) is 0 Å². The topological polar surface area (TPSA) is 41.1 Å². The van der Waals surface area contributed by atoms with Crippen LogP contribution >= 0.6 is 0 Å². The zero-order chi connectivity index (χ0) is 15.2. The molecule has 1 rings (SSSR count). The Morgan fingerprint density at radius 1 is 1.15 bits per heavy atom. The van der Waals surface area contributed by atoms with Crippen LogP contribution in [-0.4, -0.2) is 30.7 Å². The summed E-state index contributed by atoms with van der Waals surface area (Å²) in [5.41, 5.74) is 0. The summed E-state index contributed by atoms with van der Waals surface area (Å²) in [7, 11) is 0. The number of amides is 1.